The lowest BCUT2D eigenvalue weighted by molar-refractivity contribution is 0.0992. The van der Waals surface area contributed by atoms with Crippen LogP contribution in [0.2, 0.25) is 0 Å². The quantitative estimate of drug-likeness (QED) is 0.759. The minimum atomic E-state index is -0.0429. The Kier molecular flexibility index (Phi) is 5.54. The molecule has 0 amide bonds. The van der Waals surface area contributed by atoms with Crippen LogP contribution in [0.4, 0.5) is 5.69 Å². The van der Waals surface area contributed by atoms with Crippen molar-refractivity contribution >= 4 is 5.69 Å². The van der Waals surface area contributed by atoms with Crippen LogP contribution in [0.1, 0.15) is 5.56 Å². The molecular weight excluding hydrogens is 268 g/mol. The third-order valence-corrected chi connectivity index (χ3v) is 3.02. The molecule has 0 radical (unpaired) electrons. The van der Waals surface area contributed by atoms with Crippen molar-refractivity contribution in [2.45, 2.75) is 6.92 Å². The van der Waals surface area contributed by atoms with Crippen LogP contribution in [0.3, 0.4) is 0 Å². The highest BCUT2D eigenvalue weighted by molar-refractivity contribution is 5.48. The molecule has 0 unspecified atom stereocenters. The standard InChI is InChI=1S/C16H20N2O3/c1-13-2-7-16(20)18(12-13)15-5-3-14(4-6-15)17-8-10-21-11-9-19/h2-7,12,17,19H,8-11H2,1H3. The van der Waals surface area contributed by atoms with Crippen molar-refractivity contribution < 1.29 is 9.84 Å². The Morgan fingerprint density at radius 1 is 1.14 bits per heavy atom. The molecule has 2 N–H and O–H groups in total. The maximum atomic E-state index is 11.8. The fourth-order valence-corrected chi connectivity index (χ4v) is 1.97. The number of nitrogens with zero attached hydrogens (tertiary/aromatic N) is 1. The molecule has 5 nitrogen and oxygen atoms in total. The second kappa shape index (κ2) is 7.61. The van der Waals surface area contributed by atoms with Gasteiger partial charge in [-0.15, -0.1) is 0 Å². The summed E-state index contributed by atoms with van der Waals surface area (Å²) in [7, 11) is 0. The molecule has 1 heterocycles. The van der Waals surface area contributed by atoms with E-state index < -0.39 is 0 Å². The van der Waals surface area contributed by atoms with Crippen LogP contribution in [0.15, 0.2) is 47.4 Å². The van der Waals surface area contributed by atoms with Gasteiger partial charge in [-0.1, -0.05) is 6.07 Å². The van der Waals surface area contributed by atoms with E-state index in [4.69, 9.17) is 9.84 Å². The van der Waals surface area contributed by atoms with Gasteiger partial charge in [0.2, 0.25) is 0 Å². The number of anilines is 1. The SMILES string of the molecule is Cc1ccc(=O)n(-c2ccc(NCCOCCO)cc2)c1. The molecule has 0 aliphatic rings. The average molecular weight is 288 g/mol. The monoisotopic (exact) mass is 288 g/mol. The number of aromatic nitrogens is 1. The number of hydrogen-bond donors (Lipinski definition) is 2. The Hall–Kier alpha value is -2.11. The third kappa shape index (κ3) is 4.44. The lowest BCUT2D eigenvalue weighted by atomic mass is 10.2. The zero-order valence-corrected chi connectivity index (χ0v) is 12.1. The smallest absolute Gasteiger partial charge is 0.255 e. The van der Waals surface area contributed by atoms with Gasteiger partial charge in [0.25, 0.3) is 5.56 Å². The Labute approximate surface area is 123 Å². The van der Waals surface area contributed by atoms with Crippen molar-refractivity contribution in [1.29, 1.82) is 0 Å². The van der Waals surface area contributed by atoms with E-state index in [1.807, 2.05) is 37.4 Å². The van der Waals surface area contributed by atoms with E-state index in [9.17, 15) is 4.79 Å². The molecule has 5 heteroatoms. The topological polar surface area (TPSA) is 63.5 Å². The van der Waals surface area contributed by atoms with Crippen molar-refractivity contribution in [3.8, 4) is 5.69 Å². The Morgan fingerprint density at radius 3 is 2.62 bits per heavy atom. The van der Waals surface area contributed by atoms with Crippen molar-refractivity contribution in [2.75, 3.05) is 31.7 Å². The number of aliphatic hydroxyl groups is 1. The van der Waals surface area contributed by atoms with Gasteiger partial charge in [0.15, 0.2) is 0 Å². The summed E-state index contributed by atoms with van der Waals surface area (Å²) in [6.07, 6.45) is 1.83. The number of pyridine rings is 1. The van der Waals surface area contributed by atoms with Gasteiger partial charge in [0, 0.05) is 30.2 Å². The molecule has 1 aromatic heterocycles. The molecule has 1 aromatic carbocycles. The van der Waals surface area contributed by atoms with E-state index in [-0.39, 0.29) is 12.2 Å². The van der Waals surface area contributed by atoms with Gasteiger partial charge >= 0.3 is 0 Å². The summed E-state index contributed by atoms with van der Waals surface area (Å²) in [5, 5.41) is 11.8. The van der Waals surface area contributed by atoms with Gasteiger partial charge in [-0.3, -0.25) is 9.36 Å². The Balaban J connectivity index is 1.99. The van der Waals surface area contributed by atoms with Crippen LogP contribution in [0.25, 0.3) is 5.69 Å². The number of rotatable bonds is 7. The Bertz CT molecular complexity index is 620. The molecule has 0 bridgehead atoms. The molecule has 21 heavy (non-hydrogen) atoms. The zero-order chi connectivity index (χ0) is 15.1. The van der Waals surface area contributed by atoms with Crippen LogP contribution in [0.5, 0.6) is 0 Å². The fourth-order valence-electron chi connectivity index (χ4n) is 1.97. The molecule has 0 atom stereocenters. The molecule has 0 spiro atoms. The van der Waals surface area contributed by atoms with Gasteiger partial charge < -0.3 is 15.2 Å². The van der Waals surface area contributed by atoms with E-state index in [0.717, 1.165) is 16.9 Å². The van der Waals surface area contributed by atoms with Gasteiger partial charge in [-0.2, -0.15) is 0 Å². The number of aliphatic hydroxyl groups excluding tert-OH is 1. The van der Waals surface area contributed by atoms with E-state index >= 15 is 0 Å². The number of hydrogen-bond acceptors (Lipinski definition) is 4. The van der Waals surface area contributed by atoms with Crippen LogP contribution in [-0.2, 0) is 4.74 Å². The molecule has 0 aliphatic heterocycles. The lowest BCUT2D eigenvalue weighted by Crippen LogP contribution is -2.16. The molecule has 112 valence electrons. The summed E-state index contributed by atoms with van der Waals surface area (Å²) in [4.78, 5) is 11.8. The predicted molar refractivity (Wildman–Crippen MR) is 83.2 cm³/mol. The molecule has 0 saturated carbocycles. The Morgan fingerprint density at radius 2 is 1.90 bits per heavy atom. The average Bonchev–Trinajstić information content (AvgIpc) is 2.50. The maximum absolute atomic E-state index is 11.8. The number of benzene rings is 1. The fraction of sp³-hybridized carbons (Fsp3) is 0.312. The summed E-state index contributed by atoms with van der Waals surface area (Å²) in [6.45, 7) is 3.57. The van der Waals surface area contributed by atoms with E-state index in [0.29, 0.717) is 19.8 Å². The second-order valence-corrected chi connectivity index (χ2v) is 4.72. The van der Waals surface area contributed by atoms with Gasteiger partial charge in [0.05, 0.1) is 19.8 Å². The van der Waals surface area contributed by atoms with E-state index in [1.165, 1.54) is 0 Å². The van der Waals surface area contributed by atoms with Crippen LogP contribution >= 0.6 is 0 Å². The van der Waals surface area contributed by atoms with Gasteiger partial charge in [0.1, 0.15) is 0 Å². The summed E-state index contributed by atoms with van der Waals surface area (Å²) >= 11 is 0. The highest BCUT2D eigenvalue weighted by Gasteiger charge is 2.00. The largest absolute Gasteiger partial charge is 0.394 e. The third-order valence-electron chi connectivity index (χ3n) is 3.02. The van der Waals surface area contributed by atoms with Crippen LogP contribution < -0.4 is 10.9 Å². The highest BCUT2D eigenvalue weighted by Crippen LogP contribution is 2.12. The summed E-state index contributed by atoms with van der Waals surface area (Å²) in [5.41, 5.74) is 2.80. The molecule has 2 aromatic rings. The first-order valence-corrected chi connectivity index (χ1v) is 6.93. The predicted octanol–water partition coefficient (Wildman–Crippen LogP) is 1.57. The zero-order valence-electron chi connectivity index (χ0n) is 12.1. The molecule has 0 fully saturated rings. The summed E-state index contributed by atoms with van der Waals surface area (Å²) in [6, 6.07) is 11.0. The molecule has 0 saturated heterocycles. The minimum absolute atomic E-state index is 0.0416. The normalized spacial score (nSPS) is 10.6. The van der Waals surface area contributed by atoms with Crippen molar-refractivity contribution in [1.82, 2.24) is 4.57 Å². The second-order valence-electron chi connectivity index (χ2n) is 4.72. The first-order valence-electron chi connectivity index (χ1n) is 6.93. The first-order chi connectivity index (χ1) is 10.2. The van der Waals surface area contributed by atoms with E-state index in [2.05, 4.69) is 5.32 Å². The number of ether oxygens (including phenoxy) is 1. The lowest BCUT2D eigenvalue weighted by Gasteiger charge is -2.09. The van der Waals surface area contributed by atoms with Crippen LogP contribution in [-0.4, -0.2) is 36.0 Å². The van der Waals surface area contributed by atoms with Crippen molar-refractivity contribution in [2.24, 2.45) is 0 Å². The molecule has 2 rings (SSSR count). The maximum Gasteiger partial charge on any atom is 0.255 e. The summed E-state index contributed by atoms with van der Waals surface area (Å²) < 4.78 is 6.80. The number of nitrogens with one attached hydrogen (secondary N) is 1. The number of aryl methyl sites for hydroxylation is 1. The van der Waals surface area contributed by atoms with Gasteiger partial charge in [-0.25, -0.2) is 0 Å². The highest BCUT2D eigenvalue weighted by atomic mass is 16.5. The van der Waals surface area contributed by atoms with Gasteiger partial charge in [-0.05, 0) is 36.8 Å². The van der Waals surface area contributed by atoms with Crippen molar-refractivity contribution in [3.63, 3.8) is 0 Å². The minimum Gasteiger partial charge on any atom is -0.394 e. The molecular formula is C16H20N2O3. The first kappa shape index (κ1) is 15.3. The molecule has 0 aliphatic carbocycles. The van der Waals surface area contributed by atoms with Crippen molar-refractivity contribution in [3.05, 3.63) is 58.5 Å². The van der Waals surface area contributed by atoms with E-state index in [1.54, 1.807) is 16.7 Å². The van der Waals surface area contributed by atoms with Crippen LogP contribution in [0, 0.1) is 6.92 Å². The summed E-state index contributed by atoms with van der Waals surface area (Å²) in [5.74, 6) is 0.